The lowest BCUT2D eigenvalue weighted by Crippen LogP contribution is -2.16. The summed E-state index contributed by atoms with van der Waals surface area (Å²) in [5, 5.41) is 14.7. The number of nitrogens with one attached hydrogen (secondary N) is 1. The van der Waals surface area contributed by atoms with Crippen molar-refractivity contribution in [1.29, 1.82) is 0 Å². The largest absolute Gasteiger partial charge is 0.367 e. The maximum atomic E-state index is 10.7. The van der Waals surface area contributed by atoms with Gasteiger partial charge in [-0.2, -0.15) is 11.8 Å². The minimum absolute atomic E-state index is 0.0879. The van der Waals surface area contributed by atoms with Crippen molar-refractivity contribution < 1.29 is 4.92 Å². The summed E-state index contributed by atoms with van der Waals surface area (Å²) in [5.41, 5.74) is 0.0879. The minimum Gasteiger partial charge on any atom is -0.367 e. The van der Waals surface area contributed by atoms with Gasteiger partial charge in [0.15, 0.2) is 0 Å². The molecule has 1 fully saturated rings. The zero-order valence-corrected chi connectivity index (χ0v) is 11.2. The Bertz CT molecular complexity index is 428. The van der Waals surface area contributed by atoms with E-state index in [0.29, 0.717) is 17.1 Å². The average Bonchev–Trinajstić information content (AvgIpc) is 2.77. The number of nitro groups is 1. The van der Waals surface area contributed by atoms with Crippen molar-refractivity contribution in [3.05, 3.63) is 28.4 Å². The van der Waals surface area contributed by atoms with Gasteiger partial charge in [-0.25, -0.2) is 4.98 Å². The average molecular weight is 267 g/mol. The number of thioether (sulfide) groups is 1. The van der Waals surface area contributed by atoms with Crippen molar-refractivity contribution in [2.24, 2.45) is 0 Å². The Hall–Kier alpha value is -1.30. The maximum absolute atomic E-state index is 10.7. The molecule has 0 bridgehead atoms. The van der Waals surface area contributed by atoms with Crippen LogP contribution in [0.1, 0.15) is 26.2 Å². The Morgan fingerprint density at radius 1 is 1.61 bits per heavy atom. The molecule has 1 aliphatic carbocycles. The third kappa shape index (κ3) is 3.35. The van der Waals surface area contributed by atoms with Gasteiger partial charge in [0.1, 0.15) is 5.82 Å². The van der Waals surface area contributed by atoms with Gasteiger partial charge in [-0.1, -0.05) is 6.92 Å². The zero-order chi connectivity index (χ0) is 13.0. The molecule has 1 aromatic rings. The number of aromatic nitrogens is 1. The van der Waals surface area contributed by atoms with Gasteiger partial charge in [-0.15, -0.1) is 0 Å². The molecule has 1 N–H and O–H groups in total. The van der Waals surface area contributed by atoms with E-state index in [-0.39, 0.29) is 5.69 Å². The molecule has 1 aliphatic rings. The molecule has 0 aromatic carbocycles. The maximum Gasteiger partial charge on any atom is 0.274 e. The number of pyridine rings is 1. The fourth-order valence-corrected chi connectivity index (χ4v) is 3.42. The van der Waals surface area contributed by atoms with Crippen molar-refractivity contribution in [2.75, 3.05) is 11.1 Å². The standard InChI is InChI=1S/C12H17N3O2S/c1-2-18-11-4-3-9(7-11)14-12-8-10(15(16)17)5-6-13-12/h5-6,8-9,11H,2-4,7H2,1H3,(H,13,14). The van der Waals surface area contributed by atoms with Crippen LogP contribution in [-0.4, -0.2) is 27.0 Å². The second-order valence-corrected chi connectivity index (χ2v) is 5.97. The number of nitrogens with zero attached hydrogens (tertiary/aromatic N) is 2. The number of anilines is 1. The van der Waals surface area contributed by atoms with Crippen LogP contribution >= 0.6 is 11.8 Å². The Labute approximate surface area is 111 Å². The SMILES string of the molecule is CCSC1CCC(Nc2cc([N+](=O)[O-])ccn2)C1. The van der Waals surface area contributed by atoms with Crippen molar-refractivity contribution in [3.63, 3.8) is 0 Å². The van der Waals surface area contributed by atoms with Crippen LogP contribution in [0.4, 0.5) is 11.5 Å². The normalized spacial score (nSPS) is 22.9. The van der Waals surface area contributed by atoms with Crippen LogP contribution in [0.15, 0.2) is 18.3 Å². The fourth-order valence-electron chi connectivity index (χ4n) is 2.28. The topological polar surface area (TPSA) is 68.1 Å². The van der Waals surface area contributed by atoms with Gasteiger partial charge < -0.3 is 5.32 Å². The van der Waals surface area contributed by atoms with Gasteiger partial charge in [-0.3, -0.25) is 10.1 Å². The van der Waals surface area contributed by atoms with Crippen molar-refractivity contribution in [3.8, 4) is 0 Å². The first-order valence-electron chi connectivity index (χ1n) is 6.17. The molecule has 1 saturated carbocycles. The van der Waals surface area contributed by atoms with E-state index in [2.05, 4.69) is 17.2 Å². The molecule has 6 heteroatoms. The molecule has 0 amide bonds. The molecule has 2 unspecified atom stereocenters. The van der Waals surface area contributed by atoms with Crippen LogP contribution in [-0.2, 0) is 0 Å². The molecular weight excluding hydrogens is 250 g/mol. The predicted molar refractivity (Wildman–Crippen MR) is 74.1 cm³/mol. The van der Waals surface area contributed by atoms with Crippen molar-refractivity contribution in [2.45, 2.75) is 37.5 Å². The lowest BCUT2D eigenvalue weighted by molar-refractivity contribution is -0.384. The smallest absolute Gasteiger partial charge is 0.274 e. The van der Waals surface area contributed by atoms with E-state index in [0.717, 1.165) is 18.6 Å². The van der Waals surface area contributed by atoms with E-state index in [1.807, 2.05) is 11.8 Å². The zero-order valence-electron chi connectivity index (χ0n) is 10.3. The summed E-state index contributed by atoms with van der Waals surface area (Å²) < 4.78 is 0. The second kappa shape index (κ2) is 6.04. The van der Waals surface area contributed by atoms with Gasteiger partial charge in [-0.05, 0) is 25.0 Å². The first-order valence-corrected chi connectivity index (χ1v) is 7.22. The van der Waals surface area contributed by atoms with Gasteiger partial charge in [0, 0.05) is 23.6 Å². The van der Waals surface area contributed by atoms with E-state index in [1.165, 1.54) is 24.8 Å². The van der Waals surface area contributed by atoms with Gasteiger partial charge in [0.05, 0.1) is 11.0 Å². The molecule has 1 aromatic heterocycles. The van der Waals surface area contributed by atoms with E-state index in [1.54, 1.807) is 0 Å². The molecule has 0 radical (unpaired) electrons. The summed E-state index contributed by atoms with van der Waals surface area (Å²) in [6.07, 6.45) is 4.92. The molecular formula is C12H17N3O2S. The van der Waals surface area contributed by atoms with Crippen LogP contribution in [0.5, 0.6) is 0 Å². The molecule has 0 saturated heterocycles. The monoisotopic (exact) mass is 267 g/mol. The van der Waals surface area contributed by atoms with Crippen LogP contribution in [0.2, 0.25) is 0 Å². The van der Waals surface area contributed by atoms with E-state index in [9.17, 15) is 10.1 Å². The van der Waals surface area contributed by atoms with Crippen LogP contribution in [0, 0.1) is 10.1 Å². The third-order valence-electron chi connectivity index (χ3n) is 3.09. The molecule has 5 nitrogen and oxygen atoms in total. The molecule has 2 atom stereocenters. The van der Waals surface area contributed by atoms with E-state index in [4.69, 9.17) is 0 Å². The number of hydrogen-bond donors (Lipinski definition) is 1. The lowest BCUT2D eigenvalue weighted by atomic mass is 10.2. The van der Waals surface area contributed by atoms with Gasteiger partial charge in [0.25, 0.3) is 5.69 Å². The Morgan fingerprint density at radius 3 is 3.17 bits per heavy atom. The molecule has 98 valence electrons. The highest BCUT2D eigenvalue weighted by atomic mass is 32.2. The van der Waals surface area contributed by atoms with Gasteiger partial charge >= 0.3 is 0 Å². The highest BCUT2D eigenvalue weighted by Crippen LogP contribution is 2.31. The first kappa shape index (κ1) is 13.1. The van der Waals surface area contributed by atoms with Crippen LogP contribution < -0.4 is 5.32 Å². The lowest BCUT2D eigenvalue weighted by Gasteiger charge is -2.13. The first-order chi connectivity index (χ1) is 8.69. The highest BCUT2D eigenvalue weighted by Gasteiger charge is 2.24. The summed E-state index contributed by atoms with van der Waals surface area (Å²) in [4.78, 5) is 14.4. The number of hydrogen-bond acceptors (Lipinski definition) is 5. The molecule has 1 heterocycles. The summed E-state index contributed by atoms with van der Waals surface area (Å²) >= 11 is 1.99. The summed E-state index contributed by atoms with van der Waals surface area (Å²) in [6.45, 7) is 2.17. The van der Waals surface area contributed by atoms with E-state index >= 15 is 0 Å². The molecule has 0 spiro atoms. The third-order valence-corrected chi connectivity index (χ3v) is 4.33. The van der Waals surface area contributed by atoms with E-state index < -0.39 is 4.92 Å². The summed E-state index contributed by atoms with van der Waals surface area (Å²) in [7, 11) is 0. The van der Waals surface area contributed by atoms with Crippen LogP contribution in [0.3, 0.4) is 0 Å². The Morgan fingerprint density at radius 2 is 2.44 bits per heavy atom. The molecule has 18 heavy (non-hydrogen) atoms. The van der Waals surface area contributed by atoms with Crippen LogP contribution in [0.25, 0.3) is 0 Å². The minimum atomic E-state index is -0.392. The highest BCUT2D eigenvalue weighted by molar-refractivity contribution is 7.99. The Balaban J connectivity index is 1.94. The predicted octanol–water partition coefficient (Wildman–Crippen LogP) is 3.08. The van der Waals surface area contributed by atoms with Gasteiger partial charge in [0.2, 0.25) is 0 Å². The second-order valence-electron chi connectivity index (χ2n) is 4.39. The van der Waals surface area contributed by atoms with Crippen molar-refractivity contribution >= 4 is 23.3 Å². The Kier molecular flexibility index (Phi) is 4.41. The quantitative estimate of drug-likeness (QED) is 0.656. The number of rotatable bonds is 5. The van der Waals surface area contributed by atoms with Crippen molar-refractivity contribution in [1.82, 2.24) is 4.98 Å². The summed E-state index contributed by atoms with van der Waals surface area (Å²) in [6, 6.07) is 3.30. The summed E-state index contributed by atoms with van der Waals surface area (Å²) in [5.74, 6) is 1.75. The fraction of sp³-hybridized carbons (Fsp3) is 0.583. The molecule has 2 rings (SSSR count). The molecule has 0 aliphatic heterocycles.